The zero-order valence-corrected chi connectivity index (χ0v) is 12.1. The van der Waals surface area contributed by atoms with Crippen molar-refractivity contribution in [2.24, 2.45) is 0 Å². The molecular formula is C11H16N2O3S2. The van der Waals surface area contributed by atoms with Gasteiger partial charge in [-0.15, -0.1) is 11.3 Å². The van der Waals surface area contributed by atoms with Gasteiger partial charge in [0, 0.05) is 27.2 Å². The summed E-state index contributed by atoms with van der Waals surface area (Å²) in [5.41, 5.74) is 0. The van der Waals surface area contributed by atoms with E-state index in [2.05, 4.69) is 0 Å². The molecule has 18 heavy (non-hydrogen) atoms. The number of amides is 1. The van der Waals surface area contributed by atoms with Gasteiger partial charge in [-0.3, -0.25) is 4.79 Å². The second-order valence-electron chi connectivity index (χ2n) is 4.42. The largest absolute Gasteiger partial charge is 0.344 e. The molecule has 1 aliphatic heterocycles. The predicted molar refractivity (Wildman–Crippen MR) is 70.3 cm³/mol. The van der Waals surface area contributed by atoms with E-state index in [1.807, 2.05) is 0 Å². The van der Waals surface area contributed by atoms with Gasteiger partial charge in [-0.25, -0.2) is 8.42 Å². The highest BCUT2D eigenvalue weighted by atomic mass is 32.2. The lowest BCUT2D eigenvalue weighted by atomic mass is 10.4. The number of rotatable bonds is 3. The molecule has 1 saturated heterocycles. The van der Waals surface area contributed by atoms with E-state index in [9.17, 15) is 13.2 Å². The van der Waals surface area contributed by atoms with Gasteiger partial charge in [0.25, 0.3) is 5.91 Å². The highest BCUT2D eigenvalue weighted by molar-refractivity contribution is 7.89. The average molecular weight is 288 g/mol. The van der Waals surface area contributed by atoms with Crippen LogP contribution in [-0.4, -0.2) is 50.7 Å². The van der Waals surface area contributed by atoms with Crippen LogP contribution in [0.3, 0.4) is 0 Å². The molecule has 1 aliphatic rings. The Morgan fingerprint density at radius 2 is 1.94 bits per heavy atom. The number of carbonyl (C=O) groups excluding carboxylic acids is 1. The Bertz CT molecular complexity index is 542. The summed E-state index contributed by atoms with van der Waals surface area (Å²) < 4.78 is 26.3. The number of thiophene rings is 1. The van der Waals surface area contributed by atoms with E-state index in [4.69, 9.17) is 0 Å². The highest BCUT2D eigenvalue weighted by Crippen LogP contribution is 2.28. The topological polar surface area (TPSA) is 57.7 Å². The molecule has 2 heterocycles. The Balaban J connectivity index is 2.40. The fraction of sp³-hybridized carbons (Fsp3) is 0.545. The van der Waals surface area contributed by atoms with Gasteiger partial charge in [-0.2, -0.15) is 4.31 Å². The summed E-state index contributed by atoms with van der Waals surface area (Å²) in [5.74, 6) is -0.261. The van der Waals surface area contributed by atoms with Crippen molar-refractivity contribution in [1.82, 2.24) is 9.21 Å². The van der Waals surface area contributed by atoms with E-state index in [1.165, 1.54) is 26.6 Å². The van der Waals surface area contributed by atoms with Crippen molar-refractivity contribution in [2.45, 2.75) is 17.7 Å². The van der Waals surface area contributed by atoms with Gasteiger partial charge in [0.15, 0.2) is 0 Å². The summed E-state index contributed by atoms with van der Waals surface area (Å²) in [5, 5.41) is 1.65. The molecule has 0 aliphatic carbocycles. The Morgan fingerprint density at radius 3 is 2.50 bits per heavy atom. The van der Waals surface area contributed by atoms with Crippen molar-refractivity contribution in [3.63, 3.8) is 0 Å². The van der Waals surface area contributed by atoms with E-state index in [0.717, 1.165) is 12.8 Å². The summed E-state index contributed by atoms with van der Waals surface area (Å²) in [7, 11) is -0.270. The summed E-state index contributed by atoms with van der Waals surface area (Å²) in [6, 6.07) is 1.52. The monoisotopic (exact) mass is 288 g/mol. The highest BCUT2D eigenvalue weighted by Gasteiger charge is 2.32. The molecule has 0 spiro atoms. The first-order chi connectivity index (χ1) is 8.44. The zero-order chi connectivity index (χ0) is 13.3. The average Bonchev–Trinajstić information content (AvgIpc) is 2.99. The van der Waals surface area contributed by atoms with Crippen molar-refractivity contribution >= 4 is 27.3 Å². The third-order valence-corrected chi connectivity index (χ3v) is 5.88. The maximum absolute atomic E-state index is 12.4. The van der Waals surface area contributed by atoms with Crippen LogP contribution >= 0.6 is 11.3 Å². The summed E-state index contributed by atoms with van der Waals surface area (Å²) in [4.78, 5) is 13.8. The van der Waals surface area contributed by atoms with E-state index in [-0.39, 0.29) is 10.8 Å². The Morgan fingerprint density at radius 1 is 1.33 bits per heavy atom. The normalized spacial score (nSPS) is 17.0. The molecule has 0 radical (unpaired) electrons. The molecule has 0 unspecified atom stereocenters. The predicted octanol–water partition coefficient (Wildman–Crippen LogP) is 1.23. The lowest BCUT2D eigenvalue weighted by Gasteiger charge is -2.16. The number of hydrogen-bond acceptors (Lipinski definition) is 4. The minimum Gasteiger partial charge on any atom is -0.344 e. The third-order valence-electron chi connectivity index (χ3n) is 2.91. The van der Waals surface area contributed by atoms with Gasteiger partial charge in [0.2, 0.25) is 10.0 Å². The van der Waals surface area contributed by atoms with Gasteiger partial charge < -0.3 is 4.90 Å². The minimum atomic E-state index is -3.51. The van der Waals surface area contributed by atoms with E-state index < -0.39 is 10.0 Å². The molecule has 0 saturated carbocycles. The summed E-state index contributed by atoms with van der Waals surface area (Å²) in [6.45, 7) is 1.10. The number of nitrogens with zero attached hydrogens (tertiary/aromatic N) is 2. The van der Waals surface area contributed by atoms with E-state index >= 15 is 0 Å². The van der Waals surface area contributed by atoms with Crippen molar-refractivity contribution in [3.8, 4) is 0 Å². The van der Waals surface area contributed by atoms with Gasteiger partial charge in [0.1, 0.15) is 9.77 Å². The summed E-state index contributed by atoms with van der Waals surface area (Å²) >= 11 is 1.17. The Kier molecular flexibility index (Phi) is 3.74. The van der Waals surface area contributed by atoms with Crippen LogP contribution in [0.25, 0.3) is 0 Å². The minimum absolute atomic E-state index is 0.146. The number of hydrogen-bond donors (Lipinski definition) is 0. The molecule has 0 bridgehead atoms. The molecule has 0 aromatic carbocycles. The molecule has 5 nitrogen and oxygen atoms in total. The first-order valence-electron chi connectivity index (χ1n) is 5.74. The molecule has 0 N–H and O–H groups in total. The second-order valence-corrected chi connectivity index (χ2v) is 7.25. The van der Waals surface area contributed by atoms with Crippen LogP contribution < -0.4 is 0 Å². The fourth-order valence-corrected chi connectivity index (χ4v) is 4.86. The van der Waals surface area contributed by atoms with Crippen LogP contribution in [0.4, 0.5) is 0 Å². The van der Waals surface area contributed by atoms with Crippen LogP contribution in [0.5, 0.6) is 0 Å². The maximum atomic E-state index is 12.4. The van der Waals surface area contributed by atoms with Crippen molar-refractivity contribution in [3.05, 3.63) is 16.3 Å². The quantitative estimate of drug-likeness (QED) is 0.840. The first kappa shape index (κ1) is 13.5. The van der Waals surface area contributed by atoms with Crippen LogP contribution in [0.15, 0.2) is 16.3 Å². The molecule has 2 rings (SSSR count). The molecular weight excluding hydrogens is 272 g/mol. The van der Waals surface area contributed by atoms with Gasteiger partial charge in [-0.1, -0.05) is 0 Å². The molecule has 1 aromatic heterocycles. The molecule has 0 atom stereocenters. The Labute approximate surface area is 111 Å². The smallest absolute Gasteiger partial charge is 0.264 e. The SMILES string of the molecule is CN(C)C(=O)c1sccc1S(=O)(=O)N1CCCC1. The summed E-state index contributed by atoms with van der Waals surface area (Å²) in [6.07, 6.45) is 1.78. The molecule has 1 aromatic rings. The zero-order valence-electron chi connectivity index (χ0n) is 10.4. The molecule has 100 valence electrons. The van der Waals surface area contributed by atoms with Crippen molar-refractivity contribution < 1.29 is 13.2 Å². The first-order valence-corrected chi connectivity index (χ1v) is 8.06. The number of carbonyl (C=O) groups is 1. The van der Waals surface area contributed by atoms with Crippen LogP contribution in [0.2, 0.25) is 0 Å². The molecule has 1 amide bonds. The van der Waals surface area contributed by atoms with Crippen molar-refractivity contribution in [1.29, 1.82) is 0 Å². The standard InChI is InChI=1S/C11H16N2O3S2/c1-12(2)11(14)10-9(5-8-17-10)18(15,16)13-6-3-4-7-13/h5,8H,3-4,6-7H2,1-2H3. The maximum Gasteiger partial charge on any atom is 0.264 e. The number of sulfonamides is 1. The van der Waals surface area contributed by atoms with E-state index in [0.29, 0.717) is 18.0 Å². The lowest BCUT2D eigenvalue weighted by Crippen LogP contribution is -2.30. The molecule has 7 heteroatoms. The van der Waals surface area contributed by atoms with Gasteiger partial charge in [-0.05, 0) is 24.3 Å². The van der Waals surface area contributed by atoms with Crippen LogP contribution in [-0.2, 0) is 10.0 Å². The van der Waals surface area contributed by atoms with Crippen LogP contribution in [0, 0.1) is 0 Å². The molecule has 1 fully saturated rings. The van der Waals surface area contributed by atoms with Crippen LogP contribution in [0.1, 0.15) is 22.5 Å². The van der Waals surface area contributed by atoms with Crippen molar-refractivity contribution in [2.75, 3.05) is 27.2 Å². The van der Waals surface area contributed by atoms with E-state index in [1.54, 1.807) is 19.5 Å². The fourth-order valence-electron chi connectivity index (χ4n) is 1.93. The van der Waals surface area contributed by atoms with Gasteiger partial charge in [0.05, 0.1) is 0 Å². The third kappa shape index (κ3) is 2.30. The second kappa shape index (κ2) is 4.99. The lowest BCUT2D eigenvalue weighted by molar-refractivity contribution is 0.0829. The Hall–Kier alpha value is -0.920. The van der Waals surface area contributed by atoms with Gasteiger partial charge >= 0.3 is 0 Å².